The molecular formula is C23H28N2O4. The predicted octanol–water partition coefficient (Wildman–Crippen LogP) is 2.97. The van der Waals surface area contributed by atoms with E-state index in [2.05, 4.69) is 0 Å². The first-order chi connectivity index (χ1) is 14.1. The fraction of sp³-hybridized carbons (Fsp3) is 0.391. The summed E-state index contributed by atoms with van der Waals surface area (Å²) < 4.78 is 10.9. The molecule has 1 heterocycles. The van der Waals surface area contributed by atoms with Crippen LogP contribution in [0.3, 0.4) is 0 Å². The molecule has 1 fully saturated rings. The van der Waals surface area contributed by atoms with E-state index < -0.39 is 0 Å². The van der Waals surface area contributed by atoms with Gasteiger partial charge in [0.25, 0.3) is 5.91 Å². The molecule has 1 saturated heterocycles. The first kappa shape index (κ1) is 20.7. The number of ether oxygens (including phenoxy) is 2. The first-order valence-electron chi connectivity index (χ1n) is 9.91. The molecular weight excluding hydrogens is 368 g/mol. The molecule has 0 atom stereocenters. The lowest BCUT2D eigenvalue weighted by Crippen LogP contribution is -2.44. The number of methoxy groups -OCH3 is 1. The summed E-state index contributed by atoms with van der Waals surface area (Å²) in [6.45, 7) is 1.71. The summed E-state index contributed by atoms with van der Waals surface area (Å²) in [7, 11) is 3.41. The van der Waals surface area contributed by atoms with Gasteiger partial charge in [-0.1, -0.05) is 42.5 Å². The zero-order chi connectivity index (χ0) is 20.6. The highest BCUT2D eigenvalue weighted by Crippen LogP contribution is 2.26. The monoisotopic (exact) mass is 396 g/mol. The minimum atomic E-state index is -0.0700. The molecule has 0 unspecified atom stereocenters. The number of carbonyl (C=O) groups is 2. The molecule has 0 saturated carbocycles. The van der Waals surface area contributed by atoms with Gasteiger partial charge in [-0.2, -0.15) is 0 Å². The summed E-state index contributed by atoms with van der Waals surface area (Å²) >= 11 is 0. The summed E-state index contributed by atoms with van der Waals surface area (Å²) in [5.41, 5.74) is 1.12. The Balaban J connectivity index is 1.45. The Bertz CT molecular complexity index is 817. The summed E-state index contributed by atoms with van der Waals surface area (Å²) in [4.78, 5) is 28.8. The molecule has 3 rings (SSSR count). The van der Waals surface area contributed by atoms with Gasteiger partial charge in [0.2, 0.25) is 5.91 Å². The second kappa shape index (κ2) is 9.96. The Hall–Kier alpha value is -3.02. The Labute approximate surface area is 172 Å². The van der Waals surface area contributed by atoms with Crippen LogP contribution in [0.25, 0.3) is 0 Å². The van der Waals surface area contributed by atoms with Crippen molar-refractivity contribution in [2.24, 2.45) is 5.92 Å². The second-order valence-electron chi connectivity index (χ2n) is 7.27. The van der Waals surface area contributed by atoms with Crippen molar-refractivity contribution < 1.29 is 19.1 Å². The number of rotatable bonds is 7. The van der Waals surface area contributed by atoms with Crippen molar-refractivity contribution in [3.05, 3.63) is 60.2 Å². The Kier molecular flexibility index (Phi) is 7.11. The SMILES string of the molecule is COc1ccccc1OCC(=O)N1CCC(C(=O)N(C)Cc2ccccc2)CC1. The molecule has 1 aliphatic heterocycles. The maximum atomic E-state index is 12.7. The van der Waals surface area contributed by atoms with Crippen LogP contribution in [-0.2, 0) is 16.1 Å². The maximum absolute atomic E-state index is 12.7. The van der Waals surface area contributed by atoms with E-state index in [1.165, 1.54) is 0 Å². The molecule has 0 N–H and O–H groups in total. The number of benzene rings is 2. The van der Waals surface area contributed by atoms with Crippen LogP contribution in [-0.4, -0.2) is 55.5 Å². The molecule has 0 radical (unpaired) electrons. The van der Waals surface area contributed by atoms with Crippen LogP contribution in [0, 0.1) is 5.92 Å². The van der Waals surface area contributed by atoms with Gasteiger partial charge in [-0.05, 0) is 30.5 Å². The van der Waals surface area contributed by atoms with Gasteiger partial charge in [-0.25, -0.2) is 0 Å². The van der Waals surface area contributed by atoms with E-state index in [1.54, 1.807) is 29.0 Å². The van der Waals surface area contributed by atoms with Crippen molar-refractivity contribution in [1.29, 1.82) is 0 Å². The smallest absolute Gasteiger partial charge is 0.260 e. The van der Waals surface area contributed by atoms with E-state index in [-0.39, 0.29) is 24.3 Å². The quantitative estimate of drug-likeness (QED) is 0.722. The van der Waals surface area contributed by atoms with Crippen LogP contribution < -0.4 is 9.47 Å². The standard InChI is InChI=1S/C23H28N2O4/c1-24(16-18-8-4-3-5-9-18)23(27)19-12-14-25(15-13-19)22(26)17-29-21-11-7-6-10-20(21)28-2/h3-11,19H,12-17H2,1-2H3. The van der Waals surface area contributed by atoms with Gasteiger partial charge in [0.05, 0.1) is 7.11 Å². The van der Waals surface area contributed by atoms with Crippen molar-refractivity contribution in [2.75, 3.05) is 33.9 Å². The topological polar surface area (TPSA) is 59.1 Å². The Morgan fingerprint density at radius 3 is 2.28 bits per heavy atom. The van der Waals surface area contributed by atoms with E-state index in [0.717, 1.165) is 5.56 Å². The fourth-order valence-corrected chi connectivity index (χ4v) is 3.59. The van der Waals surface area contributed by atoms with Crippen LogP contribution >= 0.6 is 0 Å². The molecule has 2 amide bonds. The van der Waals surface area contributed by atoms with E-state index >= 15 is 0 Å². The number of amides is 2. The molecule has 2 aromatic rings. The fourth-order valence-electron chi connectivity index (χ4n) is 3.59. The van der Waals surface area contributed by atoms with Crippen LogP contribution in [0.5, 0.6) is 11.5 Å². The first-order valence-corrected chi connectivity index (χ1v) is 9.91. The van der Waals surface area contributed by atoms with Crippen molar-refractivity contribution in [2.45, 2.75) is 19.4 Å². The maximum Gasteiger partial charge on any atom is 0.260 e. The van der Waals surface area contributed by atoms with Crippen LogP contribution in [0.4, 0.5) is 0 Å². The van der Waals surface area contributed by atoms with Crippen LogP contribution in [0.1, 0.15) is 18.4 Å². The molecule has 0 aliphatic carbocycles. The number of carbonyl (C=O) groups excluding carboxylic acids is 2. The molecule has 2 aromatic carbocycles. The molecule has 0 spiro atoms. The minimum Gasteiger partial charge on any atom is -0.493 e. The van der Waals surface area contributed by atoms with E-state index in [4.69, 9.17) is 9.47 Å². The zero-order valence-electron chi connectivity index (χ0n) is 17.0. The van der Waals surface area contributed by atoms with Crippen molar-refractivity contribution in [3.63, 3.8) is 0 Å². The molecule has 0 aromatic heterocycles. The lowest BCUT2D eigenvalue weighted by molar-refractivity contribution is -0.141. The highest BCUT2D eigenvalue weighted by Gasteiger charge is 2.29. The second-order valence-corrected chi connectivity index (χ2v) is 7.27. The van der Waals surface area contributed by atoms with Gasteiger partial charge in [0.1, 0.15) is 0 Å². The minimum absolute atomic E-state index is 0.0348. The van der Waals surface area contributed by atoms with E-state index in [0.29, 0.717) is 44.0 Å². The molecule has 154 valence electrons. The molecule has 0 bridgehead atoms. The summed E-state index contributed by atoms with van der Waals surface area (Å²) in [6.07, 6.45) is 1.36. The number of hydrogen-bond acceptors (Lipinski definition) is 4. The number of para-hydroxylation sites is 2. The Morgan fingerprint density at radius 2 is 1.62 bits per heavy atom. The lowest BCUT2D eigenvalue weighted by Gasteiger charge is -2.33. The number of nitrogens with zero attached hydrogens (tertiary/aromatic N) is 2. The van der Waals surface area contributed by atoms with E-state index in [9.17, 15) is 9.59 Å². The molecule has 6 nitrogen and oxygen atoms in total. The third kappa shape index (κ3) is 5.50. The van der Waals surface area contributed by atoms with Gasteiger partial charge in [0, 0.05) is 32.6 Å². The predicted molar refractivity (Wildman–Crippen MR) is 111 cm³/mol. The van der Waals surface area contributed by atoms with Crippen LogP contribution in [0.2, 0.25) is 0 Å². The van der Waals surface area contributed by atoms with Gasteiger partial charge in [-0.3, -0.25) is 9.59 Å². The van der Waals surface area contributed by atoms with Gasteiger partial charge in [0.15, 0.2) is 18.1 Å². The third-order valence-corrected chi connectivity index (χ3v) is 5.26. The average molecular weight is 396 g/mol. The zero-order valence-corrected chi connectivity index (χ0v) is 17.0. The Morgan fingerprint density at radius 1 is 1.00 bits per heavy atom. The highest BCUT2D eigenvalue weighted by molar-refractivity contribution is 5.80. The molecule has 1 aliphatic rings. The summed E-state index contributed by atoms with van der Waals surface area (Å²) in [5.74, 6) is 1.19. The van der Waals surface area contributed by atoms with Crippen molar-refractivity contribution >= 4 is 11.8 Å². The number of piperidine rings is 1. The summed E-state index contributed by atoms with van der Waals surface area (Å²) in [5, 5.41) is 0. The largest absolute Gasteiger partial charge is 0.493 e. The van der Waals surface area contributed by atoms with Crippen molar-refractivity contribution in [1.82, 2.24) is 9.80 Å². The van der Waals surface area contributed by atoms with Gasteiger partial charge in [-0.15, -0.1) is 0 Å². The highest BCUT2D eigenvalue weighted by atomic mass is 16.5. The molecule has 29 heavy (non-hydrogen) atoms. The molecule has 6 heteroatoms. The average Bonchev–Trinajstić information content (AvgIpc) is 2.78. The number of likely N-dealkylation sites (tertiary alicyclic amines) is 1. The van der Waals surface area contributed by atoms with Crippen LogP contribution in [0.15, 0.2) is 54.6 Å². The van der Waals surface area contributed by atoms with Gasteiger partial charge >= 0.3 is 0 Å². The van der Waals surface area contributed by atoms with Crippen molar-refractivity contribution in [3.8, 4) is 11.5 Å². The number of hydrogen-bond donors (Lipinski definition) is 0. The lowest BCUT2D eigenvalue weighted by atomic mass is 9.95. The van der Waals surface area contributed by atoms with Gasteiger partial charge < -0.3 is 19.3 Å². The third-order valence-electron chi connectivity index (χ3n) is 5.26. The summed E-state index contributed by atoms with van der Waals surface area (Å²) in [6, 6.07) is 17.2. The van der Waals surface area contributed by atoms with E-state index in [1.807, 2.05) is 49.5 Å². The normalized spacial score (nSPS) is 14.3.